The van der Waals surface area contributed by atoms with E-state index >= 15 is 0 Å². The van der Waals surface area contributed by atoms with Crippen molar-refractivity contribution in [1.29, 1.82) is 0 Å². The van der Waals surface area contributed by atoms with E-state index in [0.29, 0.717) is 4.87 Å². The largest absolute Gasteiger partial charge is 0.303 e. The second-order valence-corrected chi connectivity index (χ2v) is 5.91. The van der Waals surface area contributed by atoms with Gasteiger partial charge in [-0.15, -0.1) is 11.8 Å². The van der Waals surface area contributed by atoms with Gasteiger partial charge >= 0.3 is 0 Å². The summed E-state index contributed by atoms with van der Waals surface area (Å²) < 4.78 is 0. The van der Waals surface area contributed by atoms with Gasteiger partial charge in [0.05, 0.1) is 4.87 Å². The highest BCUT2D eigenvalue weighted by atomic mass is 32.2. The zero-order chi connectivity index (χ0) is 7.90. The van der Waals surface area contributed by atoms with Gasteiger partial charge in [0.2, 0.25) is 0 Å². The maximum atomic E-state index is 3.65. The fourth-order valence-corrected chi connectivity index (χ4v) is 3.60. The molecule has 0 spiro atoms. The number of rotatable bonds is 1. The minimum absolute atomic E-state index is 0.428. The Hall–Kier alpha value is 0.310. The van der Waals surface area contributed by atoms with E-state index in [-0.39, 0.29) is 0 Å². The minimum atomic E-state index is 0.428. The van der Waals surface area contributed by atoms with Crippen molar-refractivity contribution in [3.05, 3.63) is 0 Å². The van der Waals surface area contributed by atoms with Crippen LogP contribution in [-0.4, -0.2) is 16.7 Å². The van der Waals surface area contributed by atoms with Gasteiger partial charge in [0.1, 0.15) is 0 Å². The summed E-state index contributed by atoms with van der Waals surface area (Å²) in [5.74, 6) is 0.968. The van der Waals surface area contributed by atoms with E-state index in [0.717, 1.165) is 11.2 Å². The monoisotopic (exact) mass is 171 g/mol. The maximum Gasteiger partial charge on any atom is 0.0647 e. The molecule has 11 heavy (non-hydrogen) atoms. The van der Waals surface area contributed by atoms with Gasteiger partial charge in [-0.05, 0) is 38.6 Å². The highest BCUT2D eigenvalue weighted by Gasteiger charge is 2.44. The van der Waals surface area contributed by atoms with Crippen molar-refractivity contribution in [3.8, 4) is 0 Å². The van der Waals surface area contributed by atoms with Crippen LogP contribution >= 0.6 is 11.8 Å². The van der Waals surface area contributed by atoms with Crippen LogP contribution in [0.3, 0.4) is 0 Å². The first-order chi connectivity index (χ1) is 5.21. The van der Waals surface area contributed by atoms with Crippen molar-refractivity contribution in [2.45, 2.75) is 43.2 Å². The lowest BCUT2D eigenvalue weighted by Gasteiger charge is -2.38. The molecule has 1 nitrogen and oxygen atoms in total. The van der Waals surface area contributed by atoms with Crippen molar-refractivity contribution >= 4 is 11.8 Å². The van der Waals surface area contributed by atoms with Gasteiger partial charge in [-0.25, -0.2) is 0 Å². The summed E-state index contributed by atoms with van der Waals surface area (Å²) in [7, 11) is 0. The highest BCUT2D eigenvalue weighted by Crippen LogP contribution is 2.48. The molecule has 1 aliphatic heterocycles. The summed E-state index contributed by atoms with van der Waals surface area (Å²) in [6.07, 6.45) is 4.24. The Balaban J connectivity index is 1.99. The van der Waals surface area contributed by atoms with E-state index in [9.17, 15) is 0 Å². The first-order valence-electron chi connectivity index (χ1n) is 4.63. The van der Waals surface area contributed by atoms with E-state index in [2.05, 4.69) is 30.9 Å². The van der Waals surface area contributed by atoms with Crippen LogP contribution in [0, 0.1) is 5.92 Å². The van der Waals surface area contributed by atoms with Gasteiger partial charge in [0, 0.05) is 5.25 Å². The number of nitrogens with one attached hydrogen (secondary N) is 1. The fraction of sp³-hybridized carbons (Fsp3) is 1.00. The molecule has 2 rings (SSSR count). The minimum Gasteiger partial charge on any atom is -0.303 e. The van der Waals surface area contributed by atoms with Crippen molar-refractivity contribution < 1.29 is 0 Å². The molecule has 1 aliphatic carbocycles. The van der Waals surface area contributed by atoms with Crippen molar-refractivity contribution in [2.75, 3.05) is 6.54 Å². The Bertz CT molecular complexity index is 156. The third-order valence-corrected chi connectivity index (χ3v) is 4.43. The molecule has 2 atom stereocenters. The molecule has 0 radical (unpaired) electrons. The number of hydrogen-bond donors (Lipinski definition) is 1. The maximum absolute atomic E-state index is 3.65. The first-order valence-corrected chi connectivity index (χ1v) is 5.51. The van der Waals surface area contributed by atoms with E-state index < -0.39 is 0 Å². The molecule has 1 N–H and O–H groups in total. The molecule has 2 heteroatoms. The van der Waals surface area contributed by atoms with Gasteiger partial charge in [0.25, 0.3) is 0 Å². The average molecular weight is 171 g/mol. The van der Waals surface area contributed by atoms with Crippen LogP contribution in [0.25, 0.3) is 0 Å². The van der Waals surface area contributed by atoms with Gasteiger partial charge in [-0.2, -0.15) is 0 Å². The Morgan fingerprint density at radius 2 is 2.09 bits per heavy atom. The predicted molar refractivity (Wildman–Crippen MR) is 50.8 cm³/mol. The Morgan fingerprint density at radius 1 is 1.36 bits per heavy atom. The standard InChI is InChI=1S/C9H17NS/c1-7-5-6-10-9(2,11-7)8-3-4-8/h7-8,10H,3-6H2,1-2H3. The van der Waals surface area contributed by atoms with Gasteiger partial charge in [0.15, 0.2) is 0 Å². The topological polar surface area (TPSA) is 12.0 Å². The highest BCUT2D eigenvalue weighted by molar-refractivity contribution is 8.01. The lowest BCUT2D eigenvalue weighted by atomic mass is 10.2. The van der Waals surface area contributed by atoms with E-state index in [1.54, 1.807) is 0 Å². The summed E-state index contributed by atoms with van der Waals surface area (Å²) in [4.78, 5) is 0.428. The van der Waals surface area contributed by atoms with Crippen molar-refractivity contribution in [1.82, 2.24) is 5.32 Å². The molecule has 2 fully saturated rings. The smallest absolute Gasteiger partial charge is 0.0647 e. The summed E-state index contributed by atoms with van der Waals surface area (Å²) >= 11 is 2.15. The number of hydrogen-bond acceptors (Lipinski definition) is 2. The average Bonchev–Trinajstić information content (AvgIpc) is 2.66. The quantitative estimate of drug-likeness (QED) is 0.649. The number of thioether (sulfide) groups is 1. The fourth-order valence-electron chi connectivity index (χ4n) is 1.92. The van der Waals surface area contributed by atoms with Crippen LogP contribution in [0.5, 0.6) is 0 Å². The zero-order valence-electron chi connectivity index (χ0n) is 7.39. The predicted octanol–water partition coefficient (Wildman–Crippen LogP) is 2.23. The lowest BCUT2D eigenvalue weighted by Crippen LogP contribution is -2.47. The van der Waals surface area contributed by atoms with Gasteiger partial charge in [-0.1, -0.05) is 6.92 Å². The molecule has 0 bridgehead atoms. The normalized spacial score (nSPS) is 45.8. The van der Waals surface area contributed by atoms with E-state index in [1.807, 2.05) is 0 Å². The van der Waals surface area contributed by atoms with Crippen LogP contribution < -0.4 is 5.32 Å². The lowest BCUT2D eigenvalue weighted by molar-refractivity contribution is 0.425. The molecule has 1 heterocycles. The zero-order valence-corrected chi connectivity index (χ0v) is 8.21. The van der Waals surface area contributed by atoms with Crippen LogP contribution in [0.4, 0.5) is 0 Å². The second kappa shape index (κ2) is 2.67. The van der Waals surface area contributed by atoms with Gasteiger partial charge < -0.3 is 5.32 Å². The molecule has 2 aliphatic rings. The van der Waals surface area contributed by atoms with E-state index in [4.69, 9.17) is 0 Å². The molecule has 64 valence electrons. The Morgan fingerprint density at radius 3 is 2.64 bits per heavy atom. The summed E-state index contributed by atoms with van der Waals surface area (Å²) in [5.41, 5.74) is 0. The summed E-state index contributed by atoms with van der Waals surface area (Å²) in [6, 6.07) is 0. The Kier molecular flexibility index (Phi) is 1.92. The van der Waals surface area contributed by atoms with Gasteiger partial charge in [-0.3, -0.25) is 0 Å². The molecule has 2 unspecified atom stereocenters. The molecule has 0 aromatic carbocycles. The molecular formula is C9H17NS. The molecule has 0 aromatic heterocycles. The Labute approximate surface area is 73.3 Å². The molecule has 1 saturated heterocycles. The molecular weight excluding hydrogens is 154 g/mol. The third kappa shape index (κ3) is 1.57. The third-order valence-electron chi connectivity index (χ3n) is 2.83. The molecule has 0 amide bonds. The SMILES string of the molecule is CC1CCNC(C)(C2CC2)S1. The van der Waals surface area contributed by atoms with Crippen molar-refractivity contribution in [3.63, 3.8) is 0 Å². The van der Waals surface area contributed by atoms with Crippen LogP contribution in [0.1, 0.15) is 33.1 Å². The molecule has 1 saturated carbocycles. The second-order valence-electron chi connectivity index (χ2n) is 4.03. The summed E-state index contributed by atoms with van der Waals surface area (Å²) in [5, 5.41) is 4.51. The molecule has 0 aromatic rings. The van der Waals surface area contributed by atoms with Crippen LogP contribution in [0.2, 0.25) is 0 Å². The first kappa shape index (κ1) is 7.93. The van der Waals surface area contributed by atoms with Crippen LogP contribution in [0.15, 0.2) is 0 Å². The van der Waals surface area contributed by atoms with Crippen molar-refractivity contribution in [2.24, 2.45) is 5.92 Å². The van der Waals surface area contributed by atoms with Crippen LogP contribution in [-0.2, 0) is 0 Å². The summed E-state index contributed by atoms with van der Waals surface area (Å²) in [6.45, 7) is 5.96. The van der Waals surface area contributed by atoms with E-state index in [1.165, 1.54) is 25.8 Å².